The third kappa shape index (κ3) is 1.97. The second-order valence-electron chi connectivity index (χ2n) is 4.46. The van der Waals surface area contributed by atoms with Crippen molar-refractivity contribution in [2.75, 3.05) is 6.61 Å². The van der Waals surface area contributed by atoms with Crippen LogP contribution in [-0.2, 0) is 4.74 Å². The average Bonchev–Trinajstić information content (AvgIpc) is 3.10. The molecule has 1 heterocycles. The van der Waals surface area contributed by atoms with Gasteiger partial charge in [-0.25, -0.2) is 4.79 Å². The van der Waals surface area contributed by atoms with Crippen LogP contribution in [0.5, 0.6) is 0 Å². The zero-order valence-electron chi connectivity index (χ0n) is 10.0. The predicted octanol–water partition coefficient (Wildman–Crippen LogP) is 4.72. The van der Waals surface area contributed by atoms with Gasteiger partial charge in [0.1, 0.15) is 4.88 Å². The first-order chi connectivity index (χ1) is 8.72. The highest BCUT2D eigenvalue weighted by molar-refractivity contribution is 9.10. The fraction of sp³-hybridized carbons (Fsp3) is 0.357. The van der Waals surface area contributed by atoms with Crippen LogP contribution in [0.3, 0.4) is 0 Å². The van der Waals surface area contributed by atoms with Crippen molar-refractivity contribution < 1.29 is 9.53 Å². The molecule has 0 spiro atoms. The molecule has 0 saturated heterocycles. The summed E-state index contributed by atoms with van der Waals surface area (Å²) in [5, 5.41) is 1.21. The molecule has 0 unspecified atom stereocenters. The minimum atomic E-state index is -0.174. The fourth-order valence-electron chi connectivity index (χ4n) is 2.23. The molecule has 4 heteroatoms. The van der Waals surface area contributed by atoms with Crippen molar-refractivity contribution >= 4 is 43.3 Å². The first kappa shape index (κ1) is 12.2. The number of fused-ring (bicyclic) bond motifs is 1. The molecule has 1 aromatic carbocycles. The number of rotatable bonds is 3. The van der Waals surface area contributed by atoms with E-state index in [2.05, 4.69) is 22.0 Å². The Hall–Kier alpha value is -0.870. The van der Waals surface area contributed by atoms with E-state index in [1.165, 1.54) is 23.8 Å². The summed E-state index contributed by atoms with van der Waals surface area (Å²) >= 11 is 5.11. The second-order valence-corrected chi connectivity index (χ2v) is 6.33. The van der Waals surface area contributed by atoms with Gasteiger partial charge in [-0.1, -0.05) is 12.1 Å². The van der Waals surface area contributed by atoms with E-state index in [-0.39, 0.29) is 5.97 Å². The Kier molecular flexibility index (Phi) is 3.16. The molecule has 0 aliphatic heterocycles. The molecule has 2 aromatic rings. The van der Waals surface area contributed by atoms with Crippen LogP contribution in [0, 0.1) is 0 Å². The standard InChI is InChI=1S/C14H13BrO2S/c1-2-17-14(16)13-11(8-6-7-8)9-4-3-5-10(15)12(9)18-13/h3-5,8H,2,6-7H2,1H3. The van der Waals surface area contributed by atoms with Crippen LogP contribution in [0.15, 0.2) is 22.7 Å². The minimum absolute atomic E-state index is 0.174. The summed E-state index contributed by atoms with van der Waals surface area (Å²) in [5.41, 5.74) is 1.20. The molecule has 3 rings (SSSR count). The number of benzene rings is 1. The summed E-state index contributed by atoms with van der Waals surface area (Å²) in [4.78, 5) is 12.8. The normalized spacial score (nSPS) is 15.0. The maximum absolute atomic E-state index is 12.1. The van der Waals surface area contributed by atoms with Gasteiger partial charge in [0.05, 0.1) is 6.61 Å². The number of hydrogen-bond donors (Lipinski definition) is 0. The van der Waals surface area contributed by atoms with Crippen molar-refractivity contribution in [1.29, 1.82) is 0 Å². The lowest BCUT2D eigenvalue weighted by molar-refractivity contribution is 0.0531. The van der Waals surface area contributed by atoms with Gasteiger partial charge in [-0.2, -0.15) is 0 Å². The molecule has 2 nitrogen and oxygen atoms in total. The van der Waals surface area contributed by atoms with E-state index in [1.54, 1.807) is 11.3 Å². The molecule has 0 radical (unpaired) electrons. The number of halogens is 1. The van der Waals surface area contributed by atoms with Crippen molar-refractivity contribution in [3.8, 4) is 0 Å². The van der Waals surface area contributed by atoms with Gasteiger partial charge in [-0.15, -0.1) is 11.3 Å². The SMILES string of the molecule is CCOC(=O)c1sc2c(Br)cccc2c1C1CC1. The highest BCUT2D eigenvalue weighted by atomic mass is 79.9. The molecule has 1 saturated carbocycles. The number of thiophene rings is 1. The molecule has 1 aliphatic rings. The van der Waals surface area contributed by atoms with Gasteiger partial charge in [0.25, 0.3) is 0 Å². The van der Waals surface area contributed by atoms with E-state index < -0.39 is 0 Å². The van der Waals surface area contributed by atoms with Gasteiger partial charge < -0.3 is 4.74 Å². The molecule has 94 valence electrons. The highest BCUT2D eigenvalue weighted by Gasteiger charge is 2.32. The molecule has 1 aliphatic carbocycles. The zero-order chi connectivity index (χ0) is 12.7. The quantitative estimate of drug-likeness (QED) is 0.764. The topological polar surface area (TPSA) is 26.3 Å². The maximum Gasteiger partial charge on any atom is 0.348 e. The van der Waals surface area contributed by atoms with E-state index in [0.717, 1.165) is 14.0 Å². The molecule has 0 amide bonds. The molecule has 0 N–H and O–H groups in total. The van der Waals surface area contributed by atoms with Crippen LogP contribution in [0.4, 0.5) is 0 Å². The third-order valence-electron chi connectivity index (χ3n) is 3.15. The van der Waals surface area contributed by atoms with Crippen LogP contribution >= 0.6 is 27.3 Å². The Balaban J connectivity index is 2.20. The molecule has 18 heavy (non-hydrogen) atoms. The van der Waals surface area contributed by atoms with Gasteiger partial charge in [0.2, 0.25) is 0 Å². The van der Waals surface area contributed by atoms with Crippen molar-refractivity contribution in [3.63, 3.8) is 0 Å². The van der Waals surface area contributed by atoms with Crippen LogP contribution in [0.2, 0.25) is 0 Å². The number of ether oxygens (including phenoxy) is 1. The Morgan fingerprint density at radius 3 is 2.94 bits per heavy atom. The van der Waals surface area contributed by atoms with Gasteiger partial charge in [0, 0.05) is 9.17 Å². The summed E-state index contributed by atoms with van der Waals surface area (Å²) in [7, 11) is 0. The van der Waals surface area contributed by atoms with Gasteiger partial charge in [-0.3, -0.25) is 0 Å². The Morgan fingerprint density at radius 2 is 2.28 bits per heavy atom. The Morgan fingerprint density at radius 1 is 1.50 bits per heavy atom. The summed E-state index contributed by atoms with van der Waals surface area (Å²) in [6, 6.07) is 6.15. The van der Waals surface area contributed by atoms with Crippen LogP contribution in [-0.4, -0.2) is 12.6 Å². The van der Waals surface area contributed by atoms with Crippen molar-refractivity contribution in [3.05, 3.63) is 33.1 Å². The third-order valence-corrected chi connectivity index (χ3v) is 5.31. The summed E-state index contributed by atoms with van der Waals surface area (Å²) in [6.45, 7) is 2.27. The number of carbonyl (C=O) groups excluding carboxylic acids is 1. The van der Waals surface area contributed by atoms with Gasteiger partial charge >= 0.3 is 5.97 Å². The predicted molar refractivity (Wildman–Crippen MR) is 77.5 cm³/mol. The molecular weight excluding hydrogens is 312 g/mol. The Labute approximate surface area is 118 Å². The summed E-state index contributed by atoms with van der Waals surface area (Å²) < 4.78 is 7.39. The van der Waals surface area contributed by atoms with E-state index in [4.69, 9.17) is 4.74 Å². The molecule has 1 aromatic heterocycles. The van der Waals surface area contributed by atoms with E-state index in [1.807, 2.05) is 19.1 Å². The fourth-order valence-corrected chi connectivity index (χ4v) is 4.03. The average molecular weight is 325 g/mol. The first-order valence-corrected chi connectivity index (χ1v) is 7.71. The zero-order valence-corrected chi connectivity index (χ0v) is 12.4. The molecule has 1 fully saturated rings. The van der Waals surface area contributed by atoms with Crippen LogP contribution in [0.1, 0.15) is 40.9 Å². The van der Waals surface area contributed by atoms with Crippen molar-refractivity contribution in [2.24, 2.45) is 0 Å². The lowest BCUT2D eigenvalue weighted by Crippen LogP contribution is -2.04. The number of carbonyl (C=O) groups is 1. The summed E-state index contributed by atoms with van der Waals surface area (Å²) in [6.07, 6.45) is 2.37. The first-order valence-electron chi connectivity index (χ1n) is 6.10. The van der Waals surface area contributed by atoms with E-state index in [9.17, 15) is 4.79 Å². The number of hydrogen-bond acceptors (Lipinski definition) is 3. The lowest BCUT2D eigenvalue weighted by atomic mass is 10.1. The van der Waals surface area contributed by atoms with Crippen molar-refractivity contribution in [1.82, 2.24) is 0 Å². The van der Waals surface area contributed by atoms with Crippen LogP contribution < -0.4 is 0 Å². The van der Waals surface area contributed by atoms with Crippen molar-refractivity contribution in [2.45, 2.75) is 25.7 Å². The van der Waals surface area contributed by atoms with Crippen LogP contribution in [0.25, 0.3) is 10.1 Å². The molecule has 0 bridgehead atoms. The maximum atomic E-state index is 12.1. The molecular formula is C14H13BrO2S. The van der Waals surface area contributed by atoms with E-state index in [0.29, 0.717) is 12.5 Å². The lowest BCUT2D eigenvalue weighted by Gasteiger charge is -2.02. The second kappa shape index (κ2) is 4.67. The van der Waals surface area contributed by atoms with E-state index >= 15 is 0 Å². The number of esters is 1. The monoisotopic (exact) mass is 324 g/mol. The van der Waals surface area contributed by atoms with Gasteiger partial charge in [0.15, 0.2) is 0 Å². The Bertz CT molecular complexity index is 614. The minimum Gasteiger partial charge on any atom is -0.462 e. The van der Waals surface area contributed by atoms with Gasteiger partial charge in [-0.05, 0) is 58.6 Å². The molecule has 0 atom stereocenters. The smallest absolute Gasteiger partial charge is 0.348 e. The largest absolute Gasteiger partial charge is 0.462 e. The highest BCUT2D eigenvalue weighted by Crippen LogP contribution is 2.49. The summed E-state index contributed by atoms with van der Waals surface area (Å²) in [5.74, 6) is 0.375.